The van der Waals surface area contributed by atoms with E-state index in [1.54, 1.807) is 13.2 Å². The van der Waals surface area contributed by atoms with Crippen LogP contribution in [-0.4, -0.2) is 31.8 Å². The largest absolute Gasteiger partial charge is 0.497 e. The molecule has 0 aliphatic carbocycles. The first-order valence-electron chi connectivity index (χ1n) is 8.99. The molecule has 0 aliphatic rings. The lowest BCUT2D eigenvalue weighted by Gasteiger charge is -2.07. The average Bonchev–Trinajstić information content (AvgIpc) is 3.17. The minimum absolute atomic E-state index is 0.258. The van der Waals surface area contributed by atoms with E-state index in [9.17, 15) is 9.59 Å². The van der Waals surface area contributed by atoms with Crippen LogP contribution in [0.2, 0.25) is 0 Å². The second-order valence-corrected chi connectivity index (χ2v) is 6.64. The normalized spacial score (nSPS) is 10.8. The molecule has 4 rings (SSSR count). The van der Waals surface area contributed by atoms with Gasteiger partial charge in [-0.1, -0.05) is 12.1 Å². The van der Waals surface area contributed by atoms with Crippen molar-refractivity contribution in [3.05, 3.63) is 87.1 Å². The molecule has 0 saturated carbocycles. The number of nitrogens with one attached hydrogen (secondary N) is 2. The molecular weight excluding hydrogens is 370 g/mol. The molecule has 0 atom stereocenters. The maximum absolute atomic E-state index is 12.1. The molecule has 4 aromatic rings. The van der Waals surface area contributed by atoms with Gasteiger partial charge in [0.05, 0.1) is 18.4 Å². The number of hydrogen-bond acceptors (Lipinski definition) is 5. The van der Waals surface area contributed by atoms with Gasteiger partial charge in [0, 0.05) is 36.3 Å². The van der Waals surface area contributed by atoms with Crippen LogP contribution in [0, 0.1) is 6.92 Å². The third-order valence-electron chi connectivity index (χ3n) is 4.63. The number of methoxy groups -OCH3 is 1. The van der Waals surface area contributed by atoms with Gasteiger partial charge in [-0.05, 0) is 36.8 Å². The summed E-state index contributed by atoms with van der Waals surface area (Å²) in [4.78, 5) is 28.0. The number of aromatic nitrogens is 5. The molecule has 0 unspecified atom stereocenters. The Hall–Kier alpha value is -3.94. The van der Waals surface area contributed by atoms with Crippen LogP contribution < -0.4 is 16.0 Å². The van der Waals surface area contributed by atoms with Crippen molar-refractivity contribution in [3.8, 4) is 28.1 Å². The third kappa shape index (κ3) is 3.86. The molecule has 0 amide bonds. The van der Waals surface area contributed by atoms with Crippen molar-refractivity contribution >= 4 is 0 Å². The number of hydrogen-bond donors (Lipinski definition) is 2. The highest BCUT2D eigenvalue weighted by molar-refractivity contribution is 5.70. The van der Waals surface area contributed by atoms with Gasteiger partial charge in [-0.3, -0.25) is 9.78 Å². The van der Waals surface area contributed by atoms with E-state index in [2.05, 4.69) is 24.7 Å². The van der Waals surface area contributed by atoms with Gasteiger partial charge in [-0.2, -0.15) is 5.10 Å². The standard InChI is InChI=1S/C21H19N5O3/c1-13-17(9-19(25-24-13)18-10-22-21(28)23-20(18)27)15-6-7-26(12-15)11-14-4-3-5-16(8-14)29-2/h3-10,12H,11H2,1-2H3,(H2,22,23,27,28). The summed E-state index contributed by atoms with van der Waals surface area (Å²) in [6.07, 6.45) is 5.35. The maximum atomic E-state index is 12.1. The van der Waals surface area contributed by atoms with Crippen molar-refractivity contribution in [3.63, 3.8) is 0 Å². The molecule has 0 aliphatic heterocycles. The molecule has 3 aromatic heterocycles. The Morgan fingerprint density at radius 2 is 1.97 bits per heavy atom. The summed E-state index contributed by atoms with van der Waals surface area (Å²) in [6.45, 7) is 2.56. The topological polar surface area (TPSA) is 106 Å². The zero-order valence-electron chi connectivity index (χ0n) is 16.0. The zero-order valence-corrected chi connectivity index (χ0v) is 16.0. The summed E-state index contributed by atoms with van der Waals surface area (Å²) < 4.78 is 7.35. The molecule has 8 heteroatoms. The number of rotatable bonds is 5. The van der Waals surface area contributed by atoms with Gasteiger partial charge in [0.1, 0.15) is 11.4 Å². The molecule has 3 heterocycles. The lowest BCUT2D eigenvalue weighted by atomic mass is 10.1. The summed E-state index contributed by atoms with van der Waals surface area (Å²) in [5.74, 6) is 0.819. The fraction of sp³-hybridized carbons (Fsp3) is 0.143. The van der Waals surface area contributed by atoms with Crippen LogP contribution in [-0.2, 0) is 6.54 Å². The number of ether oxygens (including phenoxy) is 1. The van der Waals surface area contributed by atoms with Crippen LogP contribution in [0.5, 0.6) is 5.75 Å². The highest BCUT2D eigenvalue weighted by atomic mass is 16.5. The molecule has 2 N–H and O–H groups in total. The van der Waals surface area contributed by atoms with Crippen LogP contribution in [0.15, 0.2) is 64.6 Å². The smallest absolute Gasteiger partial charge is 0.325 e. The Balaban J connectivity index is 1.67. The highest BCUT2D eigenvalue weighted by Crippen LogP contribution is 2.26. The molecule has 1 aromatic carbocycles. The summed E-state index contributed by atoms with van der Waals surface area (Å²) >= 11 is 0. The number of benzene rings is 1. The Kier molecular flexibility index (Phi) is 4.82. The fourth-order valence-electron chi connectivity index (χ4n) is 3.16. The van der Waals surface area contributed by atoms with Crippen LogP contribution >= 0.6 is 0 Å². The van der Waals surface area contributed by atoms with E-state index in [1.807, 2.05) is 49.6 Å². The summed E-state index contributed by atoms with van der Waals surface area (Å²) in [5, 5.41) is 8.30. The van der Waals surface area contributed by atoms with Gasteiger partial charge in [0.2, 0.25) is 0 Å². The summed E-state index contributed by atoms with van der Waals surface area (Å²) in [6, 6.07) is 11.7. The van der Waals surface area contributed by atoms with Gasteiger partial charge >= 0.3 is 5.69 Å². The van der Waals surface area contributed by atoms with Crippen molar-refractivity contribution in [1.29, 1.82) is 0 Å². The monoisotopic (exact) mass is 389 g/mol. The first kappa shape index (κ1) is 18.4. The molecule has 0 radical (unpaired) electrons. The predicted molar refractivity (Wildman–Crippen MR) is 109 cm³/mol. The van der Waals surface area contributed by atoms with Crippen LogP contribution in [0.3, 0.4) is 0 Å². The summed E-state index contributed by atoms with van der Waals surface area (Å²) in [5.41, 5.74) is 3.28. The Labute approximate surface area is 165 Å². The second kappa shape index (κ2) is 7.59. The number of aromatic amines is 2. The fourth-order valence-corrected chi connectivity index (χ4v) is 3.16. The molecule has 0 saturated heterocycles. The van der Waals surface area contributed by atoms with Gasteiger partial charge in [-0.25, -0.2) is 4.79 Å². The molecule has 0 spiro atoms. The second-order valence-electron chi connectivity index (χ2n) is 6.64. The van der Waals surface area contributed by atoms with E-state index in [-0.39, 0.29) is 5.56 Å². The lowest BCUT2D eigenvalue weighted by Crippen LogP contribution is -2.22. The first-order valence-corrected chi connectivity index (χ1v) is 8.99. The molecule has 0 bridgehead atoms. The van der Waals surface area contributed by atoms with Crippen molar-refractivity contribution < 1.29 is 4.74 Å². The lowest BCUT2D eigenvalue weighted by molar-refractivity contribution is 0.414. The number of nitrogens with zero attached hydrogens (tertiary/aromatic N) is 3. The van der Waals surface area contributed by atoms with Crippen molar-refractivity contribution in [2.45, 2.75) is 13.5 Å². The van der Waals surface area contributed by atoms with E-state index in [0.29, 0.717) is 12.2 Å². The van der Waals surface area contributed by atoms with Crippen LogP contribution in [0.25, 0.3) is 22.4 Å². The Morgan fingerprint density at radius 3 is 2.76 bits per heavy atom. The molecule has 146 valence electrons. The van der Waals surface area contributed by atoms with E-state index in [1.165, 1.54) is 6.20 Å². The average molecular weight is 389 g/mol. The van der Waals surface area contributed by atoms with Crippen LogP contribution in [0.4, 0.5) is 0 Å². The maximum Gasteiger partial charge on any atom is 0.325 e. The Morgan fingerprint density at radius 1 is 1.10 bits per heavy atom. The predicted octanol–water partition coefficient (Wildman–Crippen LogP) is 2.35. The molecular formula is C21H19N5O3. The minimum Gasteiger partial charge on any atom is -0.497 e. The van der Waals surface area contributed by atoms with Crippen molar-refractivity contribution in [2.24, 2.45) is 0 Å². The van der Waals surface area contributed by atoms with Gasteiger partial charge in [0.25, 0.3) is 5.56 Å². The number of aryl methyl sites for hydroxylation is 1. The van der Waals surface area contributed by atoms with E-state index < -0.39 is 11.2 Å². The molecule has 0 fully saturated rings. The zero-order chi connectivity index (χ0) is 20.4. The van der Waals surface area contributed by atoms with Gasteiger partial charge < -0.3 is 14.3 Å². The van der Waals surface area contributed by atoms with Gasteiger partial charge in [-0.15, -0.1) is 5.10 Å². The highest BCUT2D eigenvalue weighted by Gasteiger charge is 2.12. The van der Waals surface area contributed by atoms with Crippen molar-refractivity contribution in [2.75, 3.05) is 7.11 Å². The Bertz CT molecular complexity index is 1290. The third-order valence-corrected chi connectivity index (χ3v) is 4.63. The van der Waals surface area contributed by atoms with E-state index in [4.69, 9.17) is 4.74 Å². The van der Waals surface area contributed by atoms with E-state index in [0.717, 1.165) is 28.1 Å². The first-order chi connectivity index (χ1) is 14.0. The van der Waals surface area contributed by atoms with E-state index >= 15 is 0 Å². The SMILES string of the molecule is COc1cccc(Cn2ccc(-c3cc(-c4c[nH]c(=O)[nH]c4=O)nnc3C)c2)c1. The molecule has 29 heavy (non-hydrogen) atoms. The van der Waals surface area contributed by atoms with Crippen LogP contribution in [0.1, 0.15) is 11.3 Å². The quantitative estimate of drug-likeness (QED) is 0.545. The number of H-pyrrole nitrogens is 2. The summed E-state index contributed by atoms with van der Waals surface area (Å²) in [7, 11) is 1.65. The molecule has 8 nitrogen and oxygen atoms in total. The minimum atomic E-state index is -0.561. The van der Waals surface area contributed by atoms with Crippen molar-refractivity contribution in [1.82, 2.24) is 24.7 Å². The van der Waals surface area contributed by atoms with Gasteiger partial charge in [0.15, 0.2) is 0 Å².